The SMILES string of the molecule is Fc1cccc(-n2ccnc2)n1. The molecule has 0 aliphatic rings. The van der Waals surface area contributed by atoms with Gasteiger partial charge in [-0.1, -0.05) is 6.07 Å². The normalized spacial score (nSPS) is 10.1. The van der Waals surface area contributed by atoms with Crippen LogP contribution in [0.25, 0.3) is 5.82 Å². The number of pyridine rings is 1. The highest BCUT2D eigenvalue weighted by atomic mass is 19.1. The van der Waals surface area contributed by atoms with Crippen molar-refractivity contribution in [1.82, 2.24) is 14.5 Å². The molecule has 0 unspecified atom stereocenters. The van der Waals surface area contributed by atoms with E-state index in [1.165, 1.54) is 6.07 Å². The lowest BCUT2D eigenvalue weighted by molar-refractivity contribution is 0.580. The minimum absolute atomic E-state index is 0.485. The zero-order chi connectivity index (χ0) is 8.39. The zero-order valence-electron chi connectivity index (χ0n) is 6.18. The first-order chi connectivity index (χ1) is 5.86. The Morgan fingerprint density at radius 2 is 2.25 bits per heavy atom. The van der Waals surface area contributed by atoms with Crippen LogP contribution < -0.4 is 0 Å². The first kappa shape index (κ1) is 6.97. The molecule has 0 N–H and O–H groups in total. The van der Waals surface area contributed by atoms with Gasteiger partial charge in [-0.2, -0.15) is 4.39 Å². The molecule has 2 aromatic heterocycles. The van der Waals surface area contributed by atoms with E-state index < -0.39 is 5.95 Å². The van der Waals surface area contributed by atoms with Crippen LogP contribution >= 0.6 is 0 Å². The van der Waals surface area contributed by atoms with E-state index >= 15 is 0 Å². The molecular weight excluding hydrogens is 157 g/mol. The van der Waals surface area contributed by atoms with Gasteiger partial charge in [0, 0.05) is 12.4 Å². The van der Waals surface area contributed by atoms with Crippen LogP contribution in [-0.4, -0.2) is 14.5 Å². The first-order valence-corrected chi connectivity index (χ1v) is 3.47. The molecule has 0 amide bonds. The van der Waals surface area contributed by atoms with Gasteiger partial charge < -0.3 is 0 Å². The fourth-order valence-electron chi connectivity index (χ4n) is 0.936. The topological polar surface area (TPSA) is 30.7 Å². The third kappa shape index (κ3) is 1.18. The molecule has 0 spiro atoms. The molecule has 60 valence electrons. The quantitative estimate of drug-likeness (QED) is 0.595. The van der Waals surface area contributed by atoms with Crippen molar-refractivity contribution in [2.24, 2.45) is 0 Å². The summed E-state index contributed by atoms with van der Waals surface area (Å²) in [6.45, 7) is 0. The monoisotopic (exact) mass is 163 g/mol. The van der Waals surface area contributed by atoms with Crippen LogP contribution in [0.3, 0.4) is 0 Å². The molecule has 2 heterocycles. The van der Waals surface area contributed by atoms with Crippen LogP contribution in [0.4, 0.5) is 4.39 Å². The average Bonchev–Trinajstić information content (AvgIpc) is 2.56. The summed E-state index contributed by atoms with van der Waals surface area (Å²) in [5.41, 5.74) is 0. The minimum atomic E-state index is -0.485. The van der Waals surface area contributed by atoms with Gasteiger partial charge in [-0.05, 0) is 12.1 Å². The maximum Gasteiger partial charge on any atom is 0.214 e. The number of hydrogen-bond donors (Lipinski definition) is 0. The van der Waals surface area contributed by atoms with E-state index in [4.69, 9.17) is 0 Å². The summed E-state index contributed by atoms with van der Waals surface area (Å²) in [4.78, 5) is 7.50. The second-order valence-electron chi connectivity index (χ2n) is 2.29. The van der Waals surface area contributed by atoms with Gasteiger partial charge in [-0.3, -0.25) is 4.57 Å². The molecule has 0 aliphatic carbocycles. The Morgan fingerprint density at radius 3 is 2.92 bits per heavy atom. The smallest absolute Gasteiger partial charge is 0.214 e. The van der Waals surface area contributed by atoms with Crippen LogP contribution in [-0.2, 0) is 0 Å². The largest absolute Gasteiger partial charge is 0.290 e. The van der Waals surface area contributed by atoms with E-state index in [-0.39, 0.29) is 0 Å². The lowest BCUT2D eigenvalue weighted by Crippen LogP contribution is -1.95. The zero-order valence-corrected chi connectivity index (χ0v) is 6.18. The molecule has 0 saturated carbocycles. The molecule has 2 aromatic rings. The Labute approximate surface area is 68.5 Å². The molecule has 12 heavy (non-hydrogen) atoms. The molecule has 0 atom stereocenters. The van der Waals surface area contributed by atoms with E-state index in [2.05, 4.69) is 9.97 Å². The lowest BCUT2D eigenvalue weighted by Gasteiger charge is -1.98. The molecule has 3 nitrogen and oxygen atoms in total. The van der Waals surface area contributed by atoms with Gasteiger partial charge in [0.1, 0.15) is 12.1 Å². The molecule has 4 heteroatoms. The van der Waals surface area contributed by atoms with E-state index in [9.17, 15) is 4.39 Å². The predicted octanol–water partition coefficient (Wildman–Crippen LogP) is 1.41. The summed E-state index contributed by atoms with van der Waals surface area (Å²) in [7, 11) is 0. The number of nitrogens with zero attached hydrogens (tertiary/aromatic N) is 3. The van der Waals surface area contributed by atoms with Crippen molar-refractivity contribution in [2.45, 2.75) is 0 Å². The molecule has 2 rings (SSSR count). The Balaban J connectivity index is 2.48. The van der Waals surface area contributed by atoms with Gasteiger partial charge in [-0.25, -0.2) is 9.97 Å². The van der Waals surface area contributed by atoms with Gasteiger partial charge in [0.2, 0.25) is 5.95 Å². The van der Waals surface area contributed by atoms with Crippen molar-refractivity contribution >= 4 is 0 Å². The van der Waals surface area contributed by atoms with Crippen molar-refractivity contribution in [3.63, 3.8) is 0 Å². The summed E-state index contributed by atoms with van der Waals surface area (Å²) < 4.78 is 14.3. The third-order valence-electron chi connectivity index (χ3n) is 1.47. The molecule has 0 radical (unpaired) electrons. The summed E-state index contributed by atoms with van der Waals surface area (Å²) in [6.07, 6.45) is 4.90. The fourth-order valence-corrected chi connectivity index (χ4v) is 0.936. The summed E-state index contributed by atoms with van der Waals surface area (Å²) >= 11 is 0. The predicted molar refractivity (Wildman–Crippen MR) is 41.3 cm³/mol. The maximum atomic E-state index is 12.6. The maximum absolute atomic E-state index is 12.6. The second kappa shape index (κ2) is 2.73. The third-order valence-corrected chi connectivity index (χ3v) is 1.47. The Hall–Kier alpha value is -1.71. The molecule has 0 bridgehead atoms. The number of rotatable bonds is 1. The Morgan fingerprint density at radius 1 is 1.33 bits per heavy atom. The Bertz CT molecular complexity index is 370. The molecule has 0 aliphatic heterocycles. The minimum Gasteiger partial charge on any atom is -0.290 e. The van der Waals surface area contributed by atoms with Gasteiger partial charge in [0.05, 0.1) is 0 Å². The average molecular weight is 163 g/mol. The second-order valence-corrected chi connectivity index (χ2v) is 2.29. The molecular formula is C8H6FN3. The van der Waals surface area contributed by atoms with Crippen LogP contribution in [0, 0.1) is 5.95 Å². The lowest BCUT2D eigenvalue weighted by atomic mass is 10.4. The van der Waals surface area contributed by atoms with Crippen molar-refractivity contribution in [3.8, 4) is 5.82 Å². The summed E-state index contributed by atoms with van der Waals surface area (Å²) in [5.74, 6) is 0.0497. The highest BCUT2D eigenvalue weighted by molar-refractivity contribution is 5.21. The highest BCUT2D eigenvalue weighted by Crippen LogP contribution is 2.03. The van der Waals surface area contributed by atoms with Gasteiger partial charge >= 0.3 is 0 Å². The van der Waals surface area contributed by atoms with E-state index in [0.29, 0.717) is 5.82 Å². The van der Waals surface area contributed by atoms with Crippen molar-refractivity contribution in [2.75, 3.05) is 0 Å². The van der Waals surface area contributed by atoms with Crippen LogP contribution in [0.5, 0.6) is 0 Å². The van der Waals surface area contributed by atoms with Crippen molar-refractivity contribution in [1.29, 1.82) is 0 Å². The van der Waals surface area contributed by atoms with Crippen LogP contribution in [0.15, 0.2) is 36.9 Å². The first-order valence-electron chi connectivity index (χ1n) is 3.47. The molecule has 0 fully saturated rings. The fraction of sp³-hybridized carbons (Fsp3) is 0. The van der Waals surface area contributed by atoms with Crippen molar-refractivity contribution < 1.29 is 4.39 Å². The van der Waals surface area contributed by atoms with Gasteiger partial charge in [0.15, 0.2) is 0 Å². The standard InChI is InChI=1S/C8H6FN3/c9-7-2-1-3-8(11-7)12-5-4-10-6-12/h1-6H. The van der Waals surface area contributed by atoms with Crippen molar-refractivity contribution in [3.05, 3.63) is 42.9 Å². The number of hydrogen-bond acceptors (Lipinski definition) is 2. The van der Waals surface area contributed by atoms with Gasteiger partial charge in [0.25, 0.3) is 0 Å². The van der Waals surface area contributed by atoms with E-state index in [1.54, 1.807) is 35.4 Å². The van der Waals surface area contributed by atoms with E-state index in [0.717, 1.165) is 0 Å². The molecule has 0 aromatic carbocycles. The molecule has 0 saturated heterocycles. The summed E-state index contributed by atoms with van der Waals surface area (Å²) in [6, 6.07) is 4.63. The van der Waals surface area contributed by atoms with Crippen LogP contribution in [0.1, 0.15) is 0 Å². The van der Waals surface area contributed by atoms with E-state index in [1.807, 2.05) is 0 Å². The van der Waals surface area contributed by atoms with Gasteiger partial charge in [-0.15, -0.1) is 0 Å². The highest BCUT2D eigenvalue weighted by Gasteiger charge is 1.96. The number of halogens is 1. The van der Waals surface area contributed by atoms with Crippen LogP contribution in [0.2, 0.25) is 0 Å². The number of aromatic nitrogens is 3. The number of imidazole rings is 1. The Kier molecular flexibility index (Phi) is 1.59. The summed E-state index contributed by atoms with van der Waals surface area (Å²) in [5, 5.41) is 0.